The zero-order valence-corrected chi connectivity index (χ0v) is 18.2. The summed E-state index contributed by atoms with van der Waals surface area (Å²) in [5.41, 5.74) is 0.521. The molecule has 2 aromatic rings. The Labute approximate surface area is 184 Å². The number of aromatic nitrogens is 2. The third kappa shape index (κ3) is 6.73. The molecule has 0 aliphatic carbocycles. The summed E-state index contributed by atoms with van der Waals surface area (Å²) in [5.74, 6) is -1.27. The van der Waals surface area contributed by atoms with Crippen LogP contribution in [0.15, 0.2) is 30.3 Å². The molecular formula is C22H26F3N3O4. The van der Waals surface area contributed by atoms with E-state index in [9.17, 15) is 18.0 Å². The molecule has 0 bridgehead atoms. The van der Waals surface area contributed by atoms with E-state index in [0.717, 1.165) is 24.6 Å². The molecule has 0 unspecified atom stereocenters. The van der Waals surface area contributed by atoms with Crippen molar-refractivity contribution in [1.29, 1.82) is 0 Å². The van der Waals surface area contributed by atoms with Gasteiger partial charge < -0.3 is 19.1 Å². The Balaban J connectivity index is 1.57. The Morgan fingerprint density at radius 2 is 1.88 bits per heavy atom. The number of alkyl halides is 2. The molecule has 0 atom stereocenters. The third-order valence-corrected chi connectivity index (χ3v) is 4.75. The van der Waals surface area contributed by atoms with Crippen LogP contribution in [0.25, 0.3) is 0 Å². The lowest BCUT2D eigenvalue weighted by atomic mass is 9.93. The van der Waals surface area contributed by atoms with Crippen LogP contribution >= 0.6 is 0 Å². The van der Waals surface area contributed by atoms with E-state index < -0.39 is 23.9 Å². The summed E-state index contributed by atoms with van der Waals surface area (Å²) in [7, 11) is 0. The minimum Gasteiger partial charge on any atom is -0.471 e. The van der Waals surface area contributed by atoms with Crippen LogP contribution in [0.2, 0.25) is 0 Å². The van der Waals surface area contributed by atoms with Crippen molar-refractivity contribution in [3.05, 3.63) is 47.5 Å². The van der Waals surface area contributed by atoms with Crippen LogP contribution in [0.3, 0.4) is 0 Å². The Kier molecular flexibility index (Phi) is 7.42. The van der Waals surface area contributed by atoms with Crippen LogP contribution < -0.4 is 9.47 Å². The van der Waals surface area contributed by atoms with Gasteiger partial charge in [-0.1, -0.05) is 6.07 Å². The molecule has 3 heterocycles. The van der Waals surface area contributed by atoms with Gasteiger partial charge in [0.1, 0.15) is 12.2 Å². The first-order valence-corrected chi connectivity index (χ1v) is 10.3. The van der Waals surface area contributed by atoms with Gasteiger partial charge in [0.05, 0.1) is 5.69 Å². The van der Waals surface area contributed by atoms with Crippen molar-refractivity contribution in [2.24, 2.45) is 0 Å². The van der Waals surface area contributed by atoms with E-state index in [1.165, 1.54) is 6.07 Å². The minimum atomic E-state index is -3.17. The van der Waals surface area contributed by atoms with Gasteiger partial charge in [-0.2, -0.15) is 8.78 Å². The van der Waals surface area contributed by atoms with Crippen molar-refractivity contribution < 1.29 is 32.2 Å². The first-order chi connectivity index (χ1) is 15.1. The van der Waals surface area contributed by atoms with E-state index in [1.807, 2.05) is 26.8 Å². The van der Waals surface area contributed by atoms with Gasteiger partial charge >= 0.3 is 12.7 Å². The molecule has 32 heavy (non-hydrogen) atoms. The first-order valence-electron chi connectivity index (χ1n) is 10.3. The summed E-state index contributed by atoms with van der Waals surface area (Å²) in [5, 5.41) is 0. The monoisotopic (exact) mass is 453 g/mol. The maximum atomic E-state index is 13.5. The fourth-order valence-electron chi connectivity index (χ4n) is 3.28. The minimum absolute atomic E-state index is 0.0899. The van der Waals surface area contributed by atoms with Crippen molar-refractivity contribution in [3.63, 3.8) is 0 Å². The lowest BCUT2D eigenvalue weighted by Crippen LogP contribution is -2.41. The molecule has 0 spiro atoms. The molecule has 1 aliphatic rings. The molecule has 1 amide bonds. The normalized spacial score (nSPS) is 15.0. The van der Waals surface area contributed by atoms with Crippen LogP contribution in [0.5, 0.6) is 11.8 Å². The number of pyridine rings is 2. The maximum absolute atomic E-state index is 13.5. The van der Waals surface area contributed by atoms with E-state index in [2.05, 4.69) is 14.7 Å². The standard InChI is InChI=1S/C22H26F3N3O4/c1-22(2,3)32-21(29)28-11-9-14(10-12-28)17-5-4-6-18(27-17)30-13-15-7-8-16(23)19(26-15)31-20(24)25/h4-8,14,20H,9-13H2,1-3H3. The SMILES string of the molecule is CC(C)(C)OC(=O)N1CCC(c2cccc(OCc3ccc(F)c(OC(F)F)n3)n2)CC1. The second-order valence-electron chi connectivity index (χ2n) is 8.40. The summed E-state index contributed by atoms with van der Waals surface area (Å²) in [6.45, 7) is 3.38. The van der Waals surface area contributed by atoms with Gasteiger partial charge in [0.15, 0.2) is 5.82 Å². The van der Waals surface area contributed by atoms with Crippen molar-refractivity contribution in [2.75, 3.05) is 13.1 Å². The first kappa shape index (κ1) is 23.6. The predicted octanol–water partition coefficient (Wildman–Crippen LogP) is 4.91. The van der Waals surface area contributed by atoms with Gasteiger partial charge in [0, 0.05) is 30.8 Å². The van der Waals surface area contributed by atoms with Gasteiger partial charge in [0.2, 0.25) is 5.88 Å². The zero-order valence-electron chi connectivity index (χ0n) is 18.2. The number of halogens is 3. The molecular weight excluding hydrogens is 427 g/mol. The molecule has 10 heteroatoms. The molecule has 2 aromatic heterocycles. The van der Waals surface area contributed by atoms with Gasteiger partial charge in [-0.05, 0) is 51.8 Å². The molecule has 1 aliphatic heterocycles. The number of piperidine rings is 1. The van der Waals surface area contributed by atoms with Crippen LogP contribution in [0.4, 0.5) is 18.0 Å². The zero-order chi connectivity index (χ0) is 23.3. The molecule has 1 fully saturated rings. The summed E-state index contributed by atoms with van der Waals surface area (Å²) in [6, 6.07) is 7.68. The average molecular weight is 453 g/mol. The number of likely N-dealkylation sites (tertiary alicyclic amines) is 1. The number of carbonyl (C=O) groups is 1. The molecule has 7 nitrogen and oxygen atoms in total. The van der Waals surface area contributed by atoms with Gasteiger partial charge in [-0.3, -0.25) is 0 Å². The molecule has 0 aromatic carbocycles. The highest BCUT2D eigenvalue weighted by Crippen LogP contribution is 2.29. The summed E-state index contributed by atoms with van der Waals surface area (Å²) in [6.07, 6.45) is 1.16. The number of rotatable bonds is 6. The van der Waals surface area contributed by atoms with Crippen LogP contribution in [-0.4, -0.2) is 46.3 Å². The summed E-state index contributed by atoms with van der Waals surface area (Å²) < 4.78 is 53.3. The summed E-state index contributed by atoms with van der Waals surface area (Å²) in [4.78, 5) is 22.1. The van der Waals surface area contributed by atoms with Crippen LogP contribution in [0.1, 0.15) is 50.9 Å². The number of nitrogens with zero attached hydrogens (tertiary/aromatic N) is 3. The van der Waals surface area contributed by atoms with Crippen molar-refractivity contribution in [3.8, 4) is 11.8 Å². The third-order valence-electron chi connectivity index (χ3n) is 4.75. The maximum Gasteiger partial charge on any atom is 0.410 e. The van der Waals surface area contributed by atoms with E-state index in [0.29, 0.717) is 19.0 Å². The highest BCUT2D eigenvalue weighted by molar-refractivity contribution is 5.68. The van der Waals surface area contributed by atoms with Gasteiger partial charge in [0.25, 0.3) is 5.88 Å². The number of carbonyl (C=O) groups excluding carboxylic acids is 1. The number of amides is 1. The number of hydrogen-bond donors (Lipinski definition) is 0. The van der Waals surface area contributed by atoms with E-state index in [1.54, 1.807) is 17.0 Å². The molecule has 3 rings (SSSR count). The molecule has 174 valence electrons. The fourth-order valence-corrected chi connectivity index (χ4v) is 3.28. The molecule has 0 N–H and O–H groups in total. The Morgan fingerprint density at radius 3 is 2.53 bits per heavy atom. The molecule has 1 saturated heterocycles. The van der Waals surface area contributed by atoms with E-state index in [-0.39, 0.29) is 24.3 Å². The van der Waals surface area contributed by atoms with E-state index >= 15 is 0 Å². The fraction of sp³-hybridized carbons (Fsp3) is 0.500. The second kappa shape index (κ2) is 10.1. The van der Waals surface area contributed by atoms with E-state index in [4.69, 9.17) is 9.47 Å². The van der Waals surface area contributed by atoms with Crippen molar-refractivity contribution in [2.45, 2.75) is 58.4 Å². The number of ether oxygens (including phenoxy) is 3. The topological polar surface area (TPSA) is 73.8 Å². The van der Waals surface area contributed by atoms with Crippen LogP contribution in [0, 0.1) is 5.82 Å². The lowest BCUT2D eigenvalue weighted by Gasteiger charge is -2.33. The van der Waals surface area contributed by atoms with Crippen LogP contribution in [-0.2, 0) is 11.3 Å². The Hall–Kier alpha value is -3.04. The Morgan fingerprint density at radius 1 is 1.16 bits per heavy atom. The highest BCUT2D eigenvalue weighted by Gasteiger charge is 2.28. The number of hydrogen-bond acceptors (Lipinski definition) is 6. The van der Waals surface area contributed by atoms with Crippen molar-refractivity contribution >= 4 is 6.09 Å². The highest BCUT2D eigenvalue weighted by atomic mass is 19.3. The second-order valence-corrected chi connectivity index (χ2v) is 8.40. The molecule has 0 radical (unpaired) electrons. The van der Waals surface area contributed by atoms with Gasteiger partial charge in [-0.25, -0.2) is 19.2 Å². The van der Waals surface area contributed by atoms with Gasteiger partial charge in [-0.15, -0.1) is 0 Å². The predicted molar refractivity (Wildman–Crippen MR) is 109 cm³/mol. The largest absolute Gasteiger partial charge is 0.471 e. The smallest absolute Gasteiger partial charge is 0.410 e. The lowest BCUT2D eigenvalue weighted by molar-refractivity contribution is -0.0555. The average Bonchev–Trinajstić information content (AvgIpc) is 2.73. The Bertz CT molecular complexity index is 929. The summed E-state index contributed by atoms with van der Waals surface area (Å²) >= 11 is 0. The quantitative estimate of drug-likeness (QED) is 0.619. The molecule has 0 saturated carbocycles. The van der Waals surface area contributed by atoms with Crippen molar-refractivity contribution in [1.82, 2.24) is 14.9 Å².